The van der Waals surface area contributed by atoms with Crippen LogP contribution in [0.4, 0.5) is 0 Å². The molecule has 0 amide bonds. The number of ether oxygens (including phenoxy) is 3. The van der Waals surface area contributed by atoms with Crippen molar-refractivity contribution in [2.75, 3.05) is 59.1 Å². The number of ketones is 3. The summed E-state index contributed by atoms with van der Waals surface area (Å²) >= 11 is 3.08. The van der Waals surface area contributed by atoms with E-state index in [2.05, 4.69) is 60.2 Å². The summed E-state index contributed by atoms with van der Waals surface area (Å²) < 4.78 is 105. The van der Waals surface area contributed by atoms with Gasteiger partial charge in [-0.1, -0.05) is 0 Å². The molecule has 0 aliphatic carbocycles. The highest BCUT2D eigenvalue weighted by Gasteiger charge is 2.37. The van der Waals surface area contributed by atoms with Gasteiger partial charge in [0.05, 0.1) is 74.8 Å². The Kier molecular flexibility index (Phi) is 17.9. The molecule has 9 aromatic rings. The smallest absolute Gasteiger partial charge is 0.254 e. The molecule has 30 nitrogen and oxygen atoms in total. The second-order valence-corrected chi connectivity index (χ2v) is 29.2. The Labute approximate surface area is 492 Å². The van der Waals surface area contributed by atoms with Gasteiger partial charge in [0, 0.05) is 56.4 Å². The summed E-state index contributed by atoms with van der Waals surface area (Å²) in [4.78, 5) is 71.2. The Hall–Kier alpha value is -6.84. The van der Waals surface area contributed by atoms with Gasteiger partial charge in [0.25, 0.3) is 47.4 Å². The largest absolute Gasteiger partial charge is 0.369 e. The minimum absolute atomic E-state index is 0.0605. The maximum atomic E-state index is 13.1. The minimum Gasteiger partial charge on any atom is -0.369 e. The zero-order valence-electron chi connectivity index (χ0n) is 45.8. The molecule has 0 radical (unpaired) electrons. The van der Waals surface area contributed by atoms with Crippen molar-refractivity contribution < 1.29 is 53.8 Å². The summed E-state index contributed by atoms with van der Waals surface area (Å²) in [6, 6.07) is 5.46. The highest BCUT2D eigenvalue weighted by atomic mass is 32.3. The summed E-state index contributed by atoms with van der Waals surface area (Å²) in [5, 5.41) is 14.0. The van der Waals surface area contributed by atoms with E-state index in [0.29, 0.717) is 49.4 Å². The SMILES string of the molecule is CC(=O)Cc1ncc(S(=O)(=O)N2CCOC(c3cc(C)nc4ncnn34)C2)s1.CC(=O)Cc1ncc(S(=O)(=O)N2CCO[C@@H](c3cc(C)nc4ncnn34)C2)s1.CC(=O)Cc1ncc(S(=O)(=O)N2CCO[C@H](c3cc(C)nc4ncnn34)C2)s1. The molecule has 3 aliphatic rings. The highest BCUT2D eigenvalue weighted by molar-refractivity contribution is 7.92. The van der Waals surface area contributed by atoms with Crippen LogP contribution in [0.3, 0.4) is 0 Å². The van der Waals surface area contributed by atoms with Gasteiger partial charge < -0.3 is 14.2 Å². The number of fused-ring (bicyclic) bond motifs is 3. The monoisotopic (exact) mass is 1270 g/mol. The maximum Gasteiger partial charge on any atom is 0.254 e. The number of carbonyl (C=O) groups is 3. The molecule has 84 heavy (non-hydrogen) atoms. The van der Waals surface area contributed by atoms with E-state index in [1.165, 1.54) is 71.3 Å². The van der Waals surface area contributed by atoms with Crippen molar-refractivity contribution >= 4 is 98.8 Å². The van der Waals surface area contributed by atoms with Crippen molar-refractivity contribution in [2.45, 2.75) is 91.7 Å². The van der Waals surface area contributed by atoms with Crippen molar-refractivity contribution in [3.63, 3.8) is 0 Å². The second kappa shape index (κ2) is 25.0. The van der Waals surface area contributed by atoms with Crippen LogP contribution in [0.15, 0.2) is 68.4 Å². The molecule has 9 aromatic heterocycles. The number of nitrogens with zero attached hydrogens (tertiary/aromatic N) is 18. The molecule has 3 aliphatic heterocycles. The summed E-state index contributed by atoms with van der Waals surface area (Å²) in [5.74, 6) is 1.14. The van der Waals surface area contributed by atoms with Crippen LogP contribution in [0.1, 0.15) is 88.3 Å². The Morgan fingerprint density at radius 1 is 0.464 bits per heavy atom. The fourth-order valence-corrected chi connectivity index (χ4v) is 17.6. The zero-order chi connectivity index (χ0) is 59.7. The highest BCUT2D eigenvalue weighted by Crippen LogP contribution is 2.33. The lowest BCUT2D eigenvalue weighted by atomic mass is 10.2. The molecule has 0 N–H and O–H groups in total. The van der Waals surface area contributed by atoms with Crippen LogP contribution in [-0.2, 0) is 77.9 Å². The molecule has 12 heterocycles. The molecule has 444 valence electrons. The normalized spacial score (nSPS) is 18.6. The van der Waals surface area contributed by atoms with Gasteiger partial charge in [-0.05, 0) is 59.7 Å². The van der Waals surface area contributed by atoms with Crippen LogP contribution in [-0.4, -0.2) is 188 Å². The first-order valence-corrected chi connectivity index (χ1v) is 32.5. The molecule has 1 unspecified atom stereocenters. The predicted octanol–water partition coefficient (Wildman–Crippen LogP) is 2.35. The zero-order valence-corrected chi connectivity index (χ0v) is 50.7. The average molecular weight is 1270 g/mol. The molecule has 0 bridgehead atoms. The minimum atomic E-state index is -3.73. The number of Topliss-reactive ketones (excluding diaryl/α,β-unsaturated/α-hetero) is 3. The number of morpholine rings is 3. The Morgan fingerprint density at radius 3 is 1.00 bits per heavy atom. The van der Waals surface area contributed by atoms with Crippen LogP contribution in [0.25, 0.3) is 17.3 Å². The third-order valence-electron chi connectivity index (χ3n) is 12.9. The summed E-state index contributed by atoms with van der Waals surface area (Å²) in [5.41, 5.74) is 4.32. The van der Waals surface area contributed by atoms with E-state index in [0.717, 1.165) is 51.1 Å². The van der Waals surface area contributed by atoms with Gasteiger partial charge in [0.1, 0.15) is 69.7 Å². The van der Waals surface area contributed by atoms with E-state index in [9.17, 15) is 39.6 Å². The van der Waals surface area contributed by atoms with Gasteiger partial charge in [-0.15, -0.1) is 34.0 Å². The maximum absolute atomic E-state index is 13.1. The first kappa shape index (κ1) is 60.3. The van der Waals surface area contributed by atoms with Crippen molar-refractivity contribution in [1.29, 1.82) is 0 Å². The van der Waals surface area contributed by atoms with Crippen LogP contribution in [0.5, 0.6) is 0 Å². The Bertz CT molecular complexity index is 3850. The number of hydrogen-bond donors (Lipinski definition) is 0. The molecule has 3 fully saturated rings. The van der Waals surface area contributed by atoms with Crippen molar-refractivity contribution in [1.82, 2.24) is 86.6 Å². The third kappa shape index (κ3) is 13.3. The van der Waals surface area contributed by atoms with Crippen molar-refractivity contribution in [3.8, 4) is 0 Å². The molecule has 3 saturated heterocycles. The number of hydrogen-bond acceptors (Lipinski definition) is 27. The molecule has 0 aromatic carbocycles. The predicted molar refractivity (Wildman–Crippen MR) is 298 cm³/mol. The molecular weight excluding hydrogens is 1210 g/mol. The van der Waals surface area contributed by atoms with E-state index in [-0.39, 0.29) is 108 Å². The molecule has 12 rings (SSSR count). The Morgan fingerprint density at radius 2 is 0.738 bits per heavy atom. The van der Waals surface area contributed by atoms with E-state index >= 15 is 0 Å². The fraction of sp³-hybridized carbons (Fsp3) is 0.438. The number of rotatable bonds is 15. The van der Waals surface area contributed by atoms with Gasteiger partial charge in [0.15, 0.2) is 12.6 Å². The number of carbonyl (C=O) groups excluding carboxylic acids is 3. The van der Waals surface area contributed by atoms with Gasteiger partial charge in [0.2, 0.25) is 0 Å². The third-order valence-corrected chi connectivity index (χ3v) is 22.8. The number of thiazole rings is 3. The lowest BCUT2D eigenvalue weighted by Crippen LogP contribution is -2.42. The van der Waals surface area contributed by atoms with E-state index in [1.807, 2.05) is 39.0 Å². The van der Waals surface area contributed by atoms with Crippen molar-refractivity contribution in [2.24, 2.45) is 0 Å². The van der Waals surface area contributed by atoms with E-state index in [1.54, 1.807) is 13.5 Å². The molecule has 0 saturated carbocycles. The molecule has 36 heteroatoms. The van der Waals surface area contributed by atoms with Crippen LogP contribution >= 0.6 is 34.0 Å². The lowest BCUT2D eigenvalue weighted by Gasteiger charge is -2.31. The van der Waals surface area contributed by atoms with Gasteiger partial charge in [-0.2, -0.15) is 56.7 Å². The van der Waals surface area contributed by atoms with Crippen molar-refractivity contribution in [3.05, 3.63) is 105 Å². The van der Waals surface area contributed by atoms with Gasteiger partial charge in [-0.3, -0.25) is 14.4 Å². The van der Waals surface area contributed by atoms with E-state index in [4.69, 9.17) is 14.2 Å². The van der Waals surface area contributed by atoms with Crippen LogP contribution < -0.4 is 0 Å². The standard InChI is InChI=1S/3C16H18N6O4S2/c3*1-10-5-12(22-16(20-10)18-9-19-22)13-8-21(3-4-26-13)28(24,25)15-7-17-14(27-15)6-11(2)23/h3*5,7,9,13H,3-4,6,8H2,1-2H3/t2*13-;/m10./s1. The lowest BCUT2D eigenvalue weighted by molar-refractivity contribution is -0.117. The molecule has 0 spiro atoms. The first-order chi connectivity index (χ1) is 40.0. The Balaban J connectivity index is 0.000000140. The molecule has 3 atom stereocenters. The second-order valence-electron chi connectivity index (χ2n) is 19.4. The molecular formula is C48H54N18O12S6. The van der Waals surface area contributed by atoms with Gasteiger partial charge in [-0.25, -0.2) is 55.2 Å². The van der Waals surface area contributed by atoms with Crippen LogP contribution in [0, 0.1) is 20.8 Å². The summed E-state index contributed by atoms with van der Waals surface area (Å²) in [6.07, 6.45) is 7.03. The van der Waals surface area contributed by atoms with Crippen LogP contribution in [0.2, 0.25) is 0 Å². The average Bonchev–Trinajstić information content (AvgIpc) is 4.48. The number of aromatic nitrogens is 15. The summed E-state index contributed by atoms with van der Waals surface area (Å²) in [7, 11) is -11.2. The number of sulfonamides is 3. The number of aryl methyl sites for hydroxylation is 3. The van der Waals surface area contributed by atoms with E-state index < -0.39 is 48.4 Å². The summed E-state index contributed by atoms with van der Waals surface area (Å²) in [6.45, 7) is 11.7. The topological polar surface area (TPSA) is 359 Å². The first-order valence-electron chi connectivity index (χ1n) is 25.7. The fourth-order valence-electron chi connectivity index (χ4n) is 9.14. The van der Waals surface area contributed by atoms with Gasteiger partial charge >= 0.3 is 0 Å². The quantitative estimate of drug-likeness (QED) is 0.142.